The third-order valence-electron chi connectivity index (χ3n) is 2.96. The molecule has 0 saturated carbocycles. The lowest BCUT2D eigenvalue weighted by atomic mass is 10.0. The Balaban J connectivity index is 2.49. The van der Waals surface area contributed by atoms with Crippen LogP contribution in [0.1, 0.15) is 40.5 Å². The molecule has 0 aromatic carbocycles. The van der Waals surface area contributed by atoms with E-state index in [0.29, 0.717) is 0 Å². The molecule has 1 amide bonds. The lowest BCUT2D eigenvalue weighted by Gasteiger charge is -2.30. The Morgan fingerprint density at radius 1 is 1.53 bits per heavy atom. The van der Waals surface area contributed by atoms with E-state index >= 15 is 0 Å². The second-order valence-corrected chi connectivity index (χ2v) is 6.21. The van der Waals surface area contributed by atoms with E-state index in [2.05, 4.69) is 21.2 Å². The highest BCUT2D eigenvalue weighted by Gasteiger charge is 2.33. The number of rotatable bonds is 3. The lowest BCUT2D eigenvalue weighted by Crippen LogP contribution is -2.52. The number of nitrogens with one attached hydrogen (secondary N) is 1. The maximum absolute atomic E-state index is 11.9. The molecule has 1 aliphatic heterocycles. The highest BCUT2D eigenvalue weighted by atomic mass is 79.9. The summed E-state index contributed by atoms with van der Waals surface area (Å²) in [6.45, 7) is 8.04. The molecule has 1 aliphatic rings. The standard InChI is InChI=1S/C11H20BrNO2/c1-7-5-6-9(15-7)10(14)13-11(3,4)8(2)12/h7-9H,5-6H2,1-4H3,(H,13,14). The molecule has 1 saturated heterocycles. The number of hydrogen-bond acceptors (Lipinski definition) is 2. The van der Waals surface area contributed by atoms with Gasteiger partial charge >= 0.3 is 0 Å². The molecule has 3 nitrogen and oxygen atoms in total. The van der Waals surface area contributed by atoms with Crippen molar-refractivity contribution in [3.63, 3.8) is 0 Å². The molecule has 1 fully saturated rings. The molecule has 15 heavy (non-hydrogen) atoms. The van der Waals surface area contributed by atoms with Crippen LogP contribution in [0.2, 0.25) is 0 Å². The Bertz CT molecular complexity index is 241. The minimum Gasteiger partial charge on any atom is -0.365 e. The van der Waals surface area contributed by atoms with Gasteiger partial charge in [-0.15, -0.1) is 0 Å². The van der Waals surface area contributed by atoms with Crippen LogP contribution < -0.4 is 5.32 Å². The smallest absolute Gasteiger partial charge is 0.249 e. The van der Waals surface area contributed by atoms with E-state index in [4.69, 9.17) is 4.74 Å². The van der Waals surface area contributed by atoms with Crippen LogP contribution in [0.4, 0.5) is 0 Å². The molecule has 0 aromatic rings. The molecular formula is C11H20BrNO2. The van der Waals surface area contributed by atoms with Crippen molar-refractivity contribution >= 4 is 21.8 Å². The first-order valence-electron chi connectivity index (χ1n) is 5.44. The Hall–Kier alpha value is -0.0900. The summed E-state index contributed by atoms with van der Waals surface area (Å²) in [7, 11) is 0. The van der Waals surface area contributed by atoms with Crippen molar-refractivity contribution in [2.24, 2.45) is 0 Å². The average Bonchev–Trinajstić information content (AvgIpc) is 2.50. The largest absolute Gasteiger partial charge is 0.365 e. The van der Waals surface area contributed by atoms with Gasteiger partial charge in [0.05, 0.1) is 6.10 Å². The van der Waals surface area contributed by atoms with Crippen LogP contribution in [0.15, 0.2) is 0 Å². The van der Waals surface area contributed by atoms with Crippen LogP contribution in [-0.4, -0.2) is 28.5 Å². The van der Waals surface area contributed by atoms with E-state index in [1.54, 1.807) is 0 Å². The van der Waals surface area contributed by atoms with Gasteiger partial charge in [0, 0.05) is 10.4 Å². The predicted octanol–water partition coefficient (Wildman–Crippen LogP) is 2.23. The Kier molecular flexibility index (Phi) is 4.18. The quantitative estimate of drug-likeness (QED) is 0.804. The molecule has 0 aliphatic carbocycles. The minimum atomic E-state index is -0.259. The van der Waals surface area contributed by atoms with Crippen LogP contribution >= 0.6 is 15.9 Å². The molecule has 88 valence electrons. The second-order valence-electron chi connectivity index (χ2n) is 4.84. The van der Waals surface area contributed by atoms with Gasteiger partial charge in [-0.25, -0.2) is 0 Å². The zero-order valence-electron chi connectivity index (χ0n) is 9.84. The first kappa shape index (κ1) is 13.0. The van der Waals surface area contributed by atoms with Gasteiger partial charge in [0.2, 0.25) is 5.91 Å². The normalized spacial score (nSPS) is 28.9. The average molecular weight is 278 g/mol. The van der Waals surface area contributed by atoms with Gasteiger partial charge in [0.1, 0.15) is 6.10 Å². The molecule has 0 spiro atoms. The summed E-state index contributed by atoms with van der Waals surface area (Å²) in [5.74, 6) is 0.00986. The second kappa shape index (κ2) is 4.83. The Morgan fingerprint density at radius 3 is 2.53 bits per heavy atom. The zero-order chi connectivity index (χ0) is 11.6. The highest BCUT2D eigenvalue weighted by Crippen LogP contribution is 2.22. The third-order valence-corrected chi connectivity index (χ3v) is 4.11. The summed E-state index contributed by atoms with van der Waals surface area (Å²) in [5.41, 5.74) is -0.244. The van der Waals surface area contributed by atoms with Gasteiger partial charge < -0.3 is 10.1 Å². The summed E-state index contributed by atoms with van der Waals surface area (Å²) < 4.78 is 5.52. The van der Waals surface area contributed by atoms with Crippen molar-refractivity contribution in [1.29, 1.82) is 0 Å². The molecule has 4 heteroatoms. The van der Waals surface area contributed by atoms with Crippen molar-refractivity contribution in [2.45, 2.75) is 63.1 Å². The molecule has 0 aromatic heterocycles. The predicted molar refractivity (Wildman–Crippen MR) is 64.2 cm³/mol. The SMILES string of the molecule is CC1CCC(C(=O)NC(C)(C)C(C)Br)O1. The van der Waals surface area contributed by atoms with Crippen molar-refractivity contribution in [3.05, 3.63) is 0 Å². The Labute approximate surface area is 100 Å². The van der Waals surface area contributed by atoms with E-state index in [1.165, 1.54) is 0 Å². The van der Waals surface area contributed by atoms with Gasteiger partial charge in [-0.3, -0.25) is 4.79 Å². The first-order chi connectivity index (χ1) is 6.83. The molecule has 0 radical (unpaired) electrons. The van der Waals surface area contributed by atoms with Crippen molar-refractivity contribution in [2.75, 3.05) is 0 Å². The molecule has 1 rings (SSSR count). The number of carbonyl (C=O) groups is 1. The summed E-state index contributed by atoms with van der Waals surface area (Å²) in [6, 6.07) is 0. The van der Waals surface area contributed by atoms with E-state index < -0.39 is 0 Å². The van der Waals surface area contributed by atoms with Crippen LogP contribution in [0, 0.1) is 0 Å². The number of alkyl halides is 1. The summed E-state index contributed by atoms with van der Waals surface area (Å²) in [5, 5.41) is 3.01. The van der Waals surface area contributed by atoms with E-state index in [1.807, 2.05) is 27.7 Å². The monoisotopic (exact) mass is 277 g/mol. The number of halogens is 1. The first-order valence-corrected chi connectivity index (χ1v) is 6.36. The van der Waals surface area contributed by atoms with Gasteiger partial charge in [0.15, 0.2) is 0 Å². The molecule has 1 N–H and O–H groups in total. The number of hydrogen-bond donors (Lipinski definition) is 1. The Morgan fingerprint density at radius 2 is 2.13 bits per heavy atom. The lowest BCUT2D eigenvalue weighted by molar-refractivity contribution is -0.133. The number of ether oxygens (including phenoxy) is 1. The molecule has 1 heterocycles. The van der Waals surface area contributed by atoms with E-state index in [-0.39, 0.29) is 28.5 Å². The fourth-order valence-electron chi connectivity index (χ4n) is 1.49. The van der Waals surface area contributed by atoms with Crippen LogP contribution in [0.3, 0.4) is 0 Å². The maximum Gasteiger partial charge on any atom is 0.249 e. The molecule has 0 bridgehead atoms. The topological polar surface area (TPSA) is 38.3 Å². The van der Waals surface area contributed by atoms with Crippen molar-refractivity contribution < 1.29 is 9.53 Å². The van der Waals surface area contributed by atoms with Crippen molar-refractivity contribution in [3.8, 4) is 0 Å². The highest BCUT2D eigenvalue weighted by molar-refractivity contribution is 9.09. The van der Waals surface area contributed by atoms with E-state index in [9.17, 15) is 4.79 Å². The zero-order valence-corrected chi connectivity index (χ0v) is 11.4. The molecule has 3 atom stereocenters. The minimum absolute atomic E-state index is 0.00986. The van der Waals surface area contributed by atoms with E-state index in [0.717, 1.165) is 12.8 Å². The fraction of sp³-hybridized carbons (Fsp3) is 0.909. The van der Waals surface area contributed by atoms with Crippen LogP contribution in [-0.2, 0) is 9.53 Å². The fourth-order valence-corrected chi connectivity index (χ4v) is 1.61. The molecular weight excluding hydrogens is 258 g/mol. The summed E-state index contributed by atoms with van der Waals surface area (Å²) in [6.07, 6.45) is 1.76. The van der Waals surface area contributed by atoms with Gasteiger partial charge in [-0.05, 0) is 33.6 Å². The van der Waals surface area contributed by atoms with Gasteiger partial charge in [-0.1, -0.05) is 22.9 Å². The summed E-state index contributed by atoms with van der Waals surface area (Å²) >= 11 is 3.49. The van der Waals surface area contributed by atoms with Crippen LogP contribution in [0.5, 0.6) is 0 Å². The van der Waals surface area contributed by atoms with Gasteiger partial charge in [-0.2, -0.15) is 0 Å². The summed E-state index contributed by atoms with van der Waals surface area (Å²) in [4.78, 5) is 12.1. The van der Waals surface area contributed by atoms with Gasteiger partial charge in [0.25, 0.3) is 0 Å². The van der Waals surface area contributed by atoms with Crippen LogP contribution in [0.25, 0.3) is 0 Å². The number of carbonyl (C=O) groups excluding carboxylic acids is 1. The third kappa shape index (κ3) is 3.45. The maximum atomic E-state index is 11.9. The van der Waals surface area contributed by atoms with Crippen molar-refractivity contribution in [1.82, 2.24) is 5.32 Å². The molecule has 3 unspecified atom stereocenters. The number of amides is 1.